The lowest BCUT2D eigenvalue weighted by molar-refractivity contribution is 0.102. The number of carbonyl (C=O) groups is 1. The summed E-state index contributed by atoms with van der Waals surface area (Å²) in [5, 5.41) is 5.55. The smallest absolute Gasteiger partial charge is 0.258 e. The number of benzene rings is 2. The monoisotopic (exact) mass is 354 g/mol. The van der Waals surface area contributed by atoms with Crippen LogP contribution >= 0.6 is 0 Å². The molecular weight excluding hydrogens is 338 g/mol. The van der Waals surface area contributed by atoms with Gasteiger partial charge in [0.25, 0.3) is 5.91 Å². The lowest BCUT2D eigenvalue weighted by Gasteiger charge is -2.09. The molecular formula is C19H16F2N4O. The summed E-state index contributed by atoms with van der Waals surface area (Å²) >= 11 is 0. The molecule has 1 heterocycles. The molecule has 2 aromatic carbocycles. The molecule has 1 amide bonds. The van der Waals surface area contributed by atoms with Crippen molar-refractivity contribution in [3.8, 4) is 0 Å². The zero-order valence-electron chi connectivity index (χ0n) is 14.2. The molecule has 7 heteroatoms. The van der Waals surface area contributed by atoms with Gasteiger partial charge in [-0.3, -0.25) is 4.79 Å². The molecule has 3 aromatic rings. The first kappa shape index (κ1) is 17.5. The second-order valence-corrected chi connectivity index (χ2v) is 5.82. The Morgan fingerprint density at radius 3 is 2.35 bits per heavy atom. The van der Waals surface area contributed by atoms with Gasteiger partial charge in [-0.15, -0.1) is 0 Å². The molecule has 0 unspecified atom stereocenters. The van der Waals surface area contributed by atoms with Crippen LogP contribution in [0, 0.1) is 25.5 Å². The highest BCUT2D eigenvalue weighted by Crippen LogP contribution is 2.19. The summed E-state index contributed by atoms with van der Waals surface area (Å²) in [5.41, 5.74) is 3.41. The Morgan fingerprint density at radius 1 is 0.962 bits per heavy atom. The van der Waals surface area contributed by atoms with E-state index in [1.807, 2.05) is 32.0 Å². The van der Waals surface area contributed by atoms with E-state index in [1.165, 1.54) is 18.5 Å². The second kappa shape index (κ2) is 7.26. The fraction of sp³-hybridized carbons (Fsp3) is 0.105. The van der Waals surface area contributed by atoms with Crippen LogP contribution in [0.15, 0.2) is 48.8 Å². The molecule has 0 spiro atoms. The van der Waals surface area contributed by atoms with E-state index in [0.29, 0.717) is 5.95 Å². The Morgan fingerprint density at radius 2 is 1.69 bits per heavy atom. The van der Waals surface area contributed by atoms with E-state index >= 15 is 0 Å². The van der Waals surface area contributed by atoms with Gasteiger partial charge in [-0.1, -0.05) is 17.7 Å². The number of anilines is 3. The molecule has 1 aromatic heterocycles. The van der Waals surface area contributed by atoms with Gasteiger partial charge >= 0.3 is 0 Å². The molecule has 2 N–H and O–H groups in total. The maximum Gasteiger partial charge on any atom is 0.258 e. The Labute approximate surface area is 149 Å². The van der Waals surface area contributed by atoms with Crippen molar-refractivity contribution < 1.29 is 13.6 Å². The topological polar surface area (TPSA) is 66.9 Å². The van der Waals surface area contributed by atoms with Crippen LogP contribution in [0.1, 0.15) is 21.5 Å². The summed E-state index contributed by atoms with van der Waals surface area (Å²) in [6.45, 7) is 3.98. The van der Waals surface area contributed by atoms with Gasteiger partial charge < -0.3 is 10.6 Å². The van der Waals surface area contributed by atoms with Crippen LogP contribution in [-0.2, 0) is 0 Å². The Kier molecular flexibility index (Phi) is 4.88. The van der Waals surface area contributed by atoms with Gasteiger partial charge in [-0.2, -0.15) is 0 Å². The molecule has 0 atom stereocenters. The lowest BCUT2D eigenvalue weighted by atomic mass is 10.1. The largest absolute Gasteiger partial charge is 0.324 e. The molecule has 0 saturated carbocycles. The Bertz CT molecular complexity index is 958. The molecule has 0 aliphatic heterocycles. The van der Waals surface area contributed by atoms with Gasteiger partial charge in [0.2, 0.25) is 5.95 Å². The van der Waals surface area contributed by atoms with Crippen molar-refractivity contribution >= 4 is 23.2 Å². The van der Waals surface area contributed by atoms with Gasteiger partial charge in [0.05, 0.1) is 5.56 Å². The summed E-state index contributed by atoms with van der Waals surface area (Å²) in [6.07, 6.45) is 2.71. The first-order chi connectivity index (χ1) is 12.4. The third-order valence-corrected chi connectivity index (χ3v) is 3.72. The highest BCUT2D eigenvalue weighted by atomic mass is 19.2. The number of hydrogen-bond donors (Lipinski definition) is 2. The highest BCUT2D eigenvalue weighted by molar-refractivity contribution is 6.03. The summed E-state index contributed by atoms with van der Waals surface area (Å²) < 4.78 is 26.1. The Balaban J connectivity index is 1.70. The van der Waals surface area contributed by atoms with E-state index in [9.17, 15) is 13.6 Å². The maximum atomic E-state index is 13.2. The van der Waals surface area contributed by atoms with Crippen LogP contribution in [0.3, 0.4) is 0 Å². The molecule has 0 aliphatic carbocycles. The number of amides is 1. The van der Waals surface area contributed by atoms with E-state index < -0.39 is 17.5 Å². The quantitative estimate of drug-likeness (QED) is 0.730. The molecule has 3 rings (SSSR count). The zero-order chi connectivity index (χ0) is 18.7. The van der Waals surface area contributed by atoms with Crippen molar-refractivity contribution in [3.63, 3.8) is 0 Å². The number of hydrogen-bond acceptors (Lipinski definition) is 4. The van der Waals surface area contributed by atoms with Gasteiger partial charge in [0, 0.05) is 29.8 Å². The molecule has 0 radical (unpaired) electrons. The third-order valence-electron chi connectivity index (χ3n) is 3.72. The van der Waals surface area contributed by atoms with Crippen molar-refractivity contribution in [2.24, 2.45) is 0 Å². The lowest BCUT2D eigenvalue weighted by Crippen LogP contribution is -2.13. The zero-order valence-corrected chi connectivity index (χ0v) is 14.2. The Hall–Kier alpha value is -3.35. The number of aryl methyl sites for hydroxylation is 2. The van der Waals surface area contributed by atoms with Crippen molar-refractivity contribution in [2.45, 2.75) is 13.8 Å². The number of halogens is 2. The summed E-state index contributed by atoms with van der Waals surface area (Å²) in [4.78, 5) is 20.4. The van der Waals surface area contributed by atoms with Gasteiger partial charge in [-0.25, -0.2) is 18.7 Å². The number of carbonyl (C=O) groups excluding carboxylic acids is 1. The minimum absolute atomic E-state index is 0.145. The van der Waals surface area contributed by atoms with Gasteiger partial charge in [0.15, 0.2) is 11.6 Å². The molecule has 0 bridgehead atoms. The van der Waals surface area contributed by atoms with Gasteiger partial charge in [-0.05, 0) is 37.6 Å². The van der Waals surface area contributed by atoms with Crippen LogP contribution in [0.4, 0.5) is 26.1 Å². The van der Waals surface area contributed by atoms with Crippen LogP contribution in [0.25, 0.3) is 0 Å². The number of nitrogens with one attached hydrogen (secondary N) is 2. The van der Waals surface area contributed by atoms with Crippen LogP contribution in [-0.4, -0.2) is 15.9 Å². The van der Waals surface area contributed by atoms with Gasteiger partial charge in [0.1, 0.15) is 0 Å². The molecule has 26 heavy (non-hydrogen) atoms. The van der Waals surface area contributed by atoms with Crippen molar-refractivity contribution in [2.75, 3.05) is 10.6 Å². The van der Waals surface area contributed by atoms with E-state index in [2.05, 4.69) is 20.6 Å². The molecule has 0 saturated heterocycles. The number of rotatable bonds is 4. The van der Waals surface area contributed by atoms with Crippen molar-refractivity contribution in [3.05, 3.63) is 77.1 Å². The van der Waals surface area contributed by atoms with E-state index in [0.717, 1.165) is 28.9 Å². The highest BCUT2D eigenvalue weighted by Gasteiger charge is 2.10. The molecule has 0 aliphatic rings. The number of nitrogens with zero attached hydrogens (tertiary/aromatic N) is 2. The third kappa shape index (κ3) is 4.00. The normalized spacial score (nSPS) is 10.5. The molecule has 132 valence electrons. The minimum Gasteiger partial charge on any atom is -0.324 e. The standard InChI is InChI=1S/C19H16F2N4O/c1-11-3-6-17(12(2)7-11)25-19-22-9-13(10-23-19)18(26)24-14-4-5-15(20)16(21)8-14/h3-10H,1-2H3,(H,24,26)(H,22,23,25). The maximum absolute atomic E-state index is 13.2. The fourth-order valence-corrected chi connectivity index (χ4v) is 2.36. The molecule has 0 fully saturated rings. The first-order valence-electron chi connectivity index (χ1n) is 7.85. The van der Waals surface area contributed by atoms with Crippen LogP contribution in [0.2, 0.25) is 0 Å². The van der Waals surface area contributed by atoms with E-state index in [-0.39, 0.29) is 11.3 Å². The predicted molar refractivity (Wildman–Crippen MR) is 95.5 cm³/mol. The molecule has 5 nitrogen and oxygen atoms in total. The van der Waals surface area contributed by atoms with Crippen LogP contribution in [0.5, 0.6) is 0 Å². The van der Waals surface area contributed by atoms with Crippen molar-refractivity contribution in [1.29, 1.82) is 0 Å². The average Bonchev–Trinajstić information content (AvgIpc) is 2.61. The average molecular weight is 354 g/mol. The summed E-state index contributed by atoms with van der Waals surface area (Å²) in [7, 11) is 0. The summed E-state index contributed by atoms with van der Waals surface area (Å²) in [6, 6.07) is 9.05. The number of aromatic nitrogens is 2. The summed E-state index contributed by atoms with van der Waals surface area (Å²) in [5.74, 6) is -2.18. The fourth-order valence-electron chi connectivity index (χ4n) is 2.36. The second-order valence-electron chi connectivity index (χ2n) is 5.82. The predicted octanol–water partition coefficient (Wildman–Crippen LogP) is 4.37. The van der Waals surface area contributed by atoms with Crippen LogP contribution < -0.4 is 10.6 Å². The van der Waals surface area contributed by atoms with E-state index in [1.54, 1.807) is 0 Å². The van der Waals surface area contributed by atoms with E-state index in [4.69, 9.17) is 0 Å². The van der Waals surface area contributed by atoms with Crippen molar-refractivity contribution in [1.82, 2.24) is 9.97 Å². The SMILES string of the molecule is Cc1ccc(Nc2ncc(C(=O)Nc3ccc(F)c(F)c3)cn2)c(C)c1. The minimum atomic E-state index is -1.04. The first-order valence-corrected chi connectivity index (χ1v) is 7.85.